The summed E-state index contributed by atoms with van der Waals surface area (Å²) in [7, 11) is 0. The monoisotopic (exact) mass is 274 g/mol. The number of esters is 1. The molecule has 2 aromatic rings. The predicted octanol–water partition coefficient (Wildman–Crippen LogP) is 1.82. The largest absolute Gasteiger partial charge is 0.486 e. The van der Waals surface area contributed by atoms with Gasteiger partial charge in [-0.25, -0.2) is 9.48 Å². The standard InChI is InChI=1S/C14H14N2O4/c1-2-18-14(17)10-8-15-16(9-10)11-3-4-12-13(7-11)20-6-5-19-12/h3-4,7-9H,2,5-6H2,1H3. The van der Waals surface area contributed by atoms with Gasteiger partial charge in [-0.3, -0.25) is 0 Å². The molecule has 0 saturated heterocycles. The summed E-state index contributed by atoms with van der Waals surface area (Å²) >= 11 is 0. The Morgan fingerprint density at radius 3 is 2.95 bits per heavy atom. The molecule has 1 aliphatic rings. The molecule has 20 heavy (non-hydrogen) atoms. The Balaban J connectivity index is 1.87. The summed E-state index contributed by atoms with van der Waals surface area (Å²) in [6.07, 6.45) is 3.11. The van der Waals surface area contributed by atoms with E-state index in [9.17, 15) is 4.79 Å². The smallest absolute Gasteiger partial charge is 0.341 e. The van der Waals surface area contributed by atoms with Gasteiger partial charge in [-0.05, 0) is 19.1 Å². The Kier molecular flexibility index (Phi) is 3.28. The molecular formula is C14H14N2O4. The number of hydrogen-bond acceptors (Lipinski definition) is 5. The highest BCUT2D eigenvalue weighted by Crippen LogP contribution is 2.31. The average Bonchev–Trinajstić information content (AvgIpc) is 2.97. The number of nitrogens with zero attached hydrogens (tertiary/aromatic N) is 2. The highest BCUT2D eigenvalue weighted by Gasteiger charge is 2.14. The van der Waals surface area contributed by atoms with Crippen molar-refractivity contribution in [1.82, 2.24) is 9.78 Å². The van der Waals surface area contributed by atoms with Crippen LogP contribution in [0.25, 0.3) is 5.69 Å². The van der Waals surface area contributed by atoms with Crippen LogP contribution in [0.1, 0.15) is 17.3 Å². The van der Waals surface area contributed by atoms with E-state index in [0.717, 1.165) is 11.4 Å². The molecule has 0 saturated carbocycles. The molecule has 1 aromatic carbocycles. The molecule has 0 aliphatic carbocycles. The molecule has 0 fully saturated rings. The summed E-state index contributed by atoms with van der Waals surface area (Å²) in [5.74, 6) is 1.02. The van der Waals surface area contributed by atoms with Crippen LogP contribution in [0.3, 0.4) is 0 Å². The molecule has 0 unspecified atom stereocenters. The number of carbonyl (C=O) groups is 1. The summed E-state index contributed by atoms with van der Waals surface area (Å²) in [6.45, 7) is 3.20. The van der Waals surface area contributed by atoms with Crippen LogP contribution in [-0.4, -0.2) is 35.6 Å². The van der Waals surface area contributed by atoms with E-state index in [-0.39, 0.29) is 5.97 Å². The minimum atomic E-state index is -0.378. The highest BCUT2D eigenvalue weighted by atomic mass is 16.6. The van der Waals surface area contributed by atoms with Crippen molar-refractivity contribution in [3.05, 3.63) is 36.2 Å². The molecule has 1 aliphatic heterocycles. The van der Waals surface area contributed by atoms with Gasteiger partial charge in [0, 0.05) is 12.3 Å². The molecule has 1 aromatic heterocycles. The first kappa shape index (κ1) is 12.5. The topological polar surface area (TPSA) is 62.6 Å². The normalized spacial score (nSPS) is 13.1. The van der Waals surface area contributed by atoms with Crippen LogP contribution in [0.5, 0.6) is 11.5 Å². The molecule has 6 nitrogen and oxygen atoms in total. The van der Waals surface area contributed by atoms with E-state index in [1.165, 1.54) is 6.20 Å². The summed E-state index contributed by atoms with van der Waals surface area (Å²) in [6, 6.07) is 5.52. The molecule has 0 atom stereocenters. The predicted molar refractivity (Wildman–Crippen MR) is 70.5 cm³/mol. The van der Waals surface area contributed by atoms with Crippen molar-refractivity contribution in [1.29, 1.82) is 0 Å². The van der Waals surface area contributed by atoms with E-state index in [0.29, 0.717) is 31.1 Å². The summed E-state index contributed by atoms with van der Waals surface area (Å²) in [4.78, 5) is 11.6. The molecule has 0 radical (unpaired) electrons. The lowest BCUT2D eigenvalue weighted by atomic mass is 10.2. The van der Waals surface area contributed by atoms with Crippen molar-refractivity contribution in [2.75, 3.05) is 19.8 Å². The minimum absolute atomic E-state index is 0.341. The van der Waals surface area contributed by atoms with Crippen LogP contribution in [0.15, 0.2) is 30.6 Å². The molecule has 6 heteroatoms. The Morgan fingerprint density at radius 1 is 1.35 bits per heavy atom. The number of ether oxygens (including phenoxy) is 3. The van der Waals surface area contributed by atoms with Crippen molar-refractivity contribution in [2.45, 2.75) is 6.92 Å². The number of benzene rings is 1. The van der Waals surface area contributed by atoms with Gasteiger partial charge in [0.25, 0.3) is 0 Å². The Bertz CT molecular complexity index is 636. The molecule has 104 valence electrons. The van der Waals surface area contributed by atoms with Crippen LogP contribution in [0, 0.1) is 0 Å². The molecular weight excluding hydrogens is 260 g/mol. The minimum Gasteiger partial charge on any atom is -0.486 e. The second-order valence-electron chi connectivity index (χ2n) is 4.22. The molecule has 0 amide bonds. The van der Waals surface area contributed by atoms with Crippen molar-refractivity contribution in [3.8, 4) is 17.2 Å². The number of fused-ring (bicyclic) bond motifs is 1. The second-order valence-corrected chi connectivity index (χ2v) is 4.22. The van der Waals surface area contributed by atoms with Crippen molar-refractivity contribution < 1.29 is 19.0 Å². The van der Waals surface area contributed by atoms with Gasteiger partial charge in [0.15, 0.2) is 11.5 Å². The maximum Gasteiger partial charge on any atom is 0.341 e. The lowest BCUT2D eigenvalue weighted by Gasteiger charge is -2.18. The second kappa shape index (κ2) is 5.24. The zero-order chi connectivity index (χ0) is 13.9. The van der Waals surface area contributed by atoms with Gasteiger partial charge in [0.2, 0.25) is 0 Å². The van der Waals surface area contributed by atoms with Gasteiger partial charge >= 0.3 is 5.97 Å². The lowest BCUT2D eigenvalue weighted by Crippen LogP contribution is -2.15. The molecule has 0 N–H and O–H groups in total. The third-order valence-electron chi connectivity index (χ3n) is 2.88. The summed E-state index contributed by atoms with van der Waals surface area (Å²) in [5, 5.41) is 4.16. The first-order chi connectivity index (χ1) is 9.78. The van der Waals surface area contributed by atoms with Crippen LogP contribution < -0.4 is 9.47 Å². The van der Waals surface area contributed by atoms with E-state index in [2.05, 4.69) is 5.10 Å². The molecule has 3 rings (SSSR count). The fourth-order valence-electron chi connectivity index (χ4n) is 1.96. The van der Waals surface area contributed by atoms with Gasteiger partial charge in [0.1, 0.15) is 13.2 Å². The number of rotatable bonds is 3. The van der Waals surface area contributed by atoms with Crippen LogP contribution in [0.2, 0.25) is 0 Å². The van der Waals surface area contributed by atoms with Gasteiger partial charge in [-0.1, -0.05) is 0 Å². The maximum absolute atomic E-state index is 11.6. The van der Waals surface area contributed by atoms with Crippen LogP contribution in [-0.2, 0) is 4.74 Å². The highest BCUT2D eigenvalue weighted by molar-refractivity contribution is 5.88. The molecule has 0 spiro atoms. The number of hydrogen-bond donors (Lipinski definition) is 0. The first-order valence-electron chi connectivity index (χ1n) is 6.40. The Hall–Kier alpha value is -2.50. The van der Waals surface area contributed by atoms with E-state index in [1.807, 2.05) is 18.2 Å². The van der Waals surface area contributed by atoms with E-state index >= 15 is 0 Å². The first-order valence-corrected chi connectivity index (χ1v) is 6.40. The van der Waals surface area contributed by atoms with E-state index in [4.69, 9.17) is 14.2 Å². The van der Waals surface area contributed by atoms with Gasteiger partial charge < -0.3 is 14.2 Å². The third kappa shape index (κ3) is 2.32. The van der Waals surface area contributed by atoms with E-state index in [1.54, 1.807) is 17.8 Å². The van der Waals surface area contributed by atoms with Gasteiger partial charge in [0.05, 0.1) is 24.1 Å². The zero-order valence-electron chi connectivity index (χ0n) is 11.0. The van der Waals surface area contributed by atoms with Crippen molar-refractivity contribution in [2.24, 2.45) is 0 Å². The zero-order valence-corrected chi connectivity index (χ0v) is 11.0. The third-order valence-corrected chi connectivity index (χ3v) is 2.88. The van der Waals surface area contributed by atoms with Crippen molar-refractivity contribution >= 4 is 5.97 Å². The summed E-state index contributed by atoms with van der Waals surface area (Å²) in [5.41, 5.74) is 1.21. The quantitative estimate of drug-likeness (QED) is 0.799. The van der Waals surface area contributed by atoms with Gasteiger partial charge in [-0.2, -0.15) is 5.10 Å². The van der Waals surface area contributed by atoms with Crippen molar-refractivity contribution in [3.63, 3.8) is 0 Å². The average molecular weight is 274 g/mol. The van der Waals surface area contributed by atoms with Gasteiger partial charge in [-0.15, -0.1) is 0 Å². The SMILES string of the molecule is CCOC(=O)c1cnn(-c2ccc3c(c2)OCCO3)c1. The van der Waals surface area contributed by atoms with Crippen LogP contribution in [0.4, 0.5) is 0 Å². The Labute approximate surface area is 115 Å². The van der Waals surface area contributed by atoms with Crippen LogP contribution >= 0.6 is 0 Å². The number of carbonyl (C=O) groups excluding carboxylic acids is 1. The fourth-order valence-corrected chi connectivity index (χ4v) is 1.96. The number of aromatic nitrogens is 2. The lowest BCUT2D eigenvalue weighted by molar-refractivity contribution is 0.0526. The maximum atomic E-state index is 11.6. The molecule has 0 bridgehead atoms. The summed E-state index contributed by atoms with van der Waals surface area (Å²) < 4.78 is 17.5. The molecule has 2 heterocycles. The van der Waals surface area contributed by atoms with E-state index < -0.39 is 0 Å². The Morgan fingerprint density at radius 2 is 2.15 bits per heavy atom. The fraction of sp³-hybridized carbons (Fsp3) is 0.286.